The van der Waals surface area contributed by atoms with E-state index in [9.17, 15) is 7.00 Å². The molecule has 0 aromatic heterocycles. The molecule has 0 rings (SSSR count). The molecule has 0 aliphatic carbocycles. The van der Waals surface area contributed by atoms with Gasteiger partial charge in [-0.15, -0.1) is 0 Å². The van der Waals surface area contributed by atoms with Crippen LogP contribution in [-0.4, -0.2) is 12.3 Å². The Labute approximate surface area is 39.8 Å². The number of rotatable bonds is 0. The van der Waals surface area contributed by atoms with E-state index in [0.29, 0.717) is 0 Å². The first-order valence-electron chi connectivity index (χ1n) is 0.756. The van der Waals surface area contributed by atoms with Crippen molar-refractivity contribution in [3.8, 4) is 0 Å². The van der Waals surface area contributed by atoms with Crippen molar-refractivity contribution in [3.05, 3.63) is 0 Å². The van der Waals surface area contributed by atoms with E-state index in [1.807, 2.05) is 0 Å². The predicted molar refractivity (Wildman–Crippen MR) is 19.7 cm³/mol. The molecule has 0 spiro atoms. The Kier molecular flexibility index (Phi) is 1.94. The van der Waals surface area contributed by atoms with Gasteiger partial charge in [0, 0.05) is 0 Å². The zero-order valence-electron chi connectivity index (χ0n) is 2.01. The van der Waals surface area contributed by atoms with Crippen LogP contribution in [0.5, 0.6) is 0 Å². The normalized spacial score (nSPS) is 12.0. The minimum atomic E-state index is -5.06. The first-order chi connectivity index (χ1) is 2.00. The van der Waals surface area contributed by atoms with Gasteiger partial charge in [0.15, 0.2) is 0 Å². The summed E-state index contributed by atoms with van der Waals surface area (Å²) in [4.78, 5) is 0. The summed E-state index contributed by atoms with van der Waals surface area (Å²) >= 11 is -5.06. The molecule has 0 aromatic rings. The first kappa shape index (κ1) is 5.98. The standard InChI is InChI=1S/Cl2F2Ge/c1-5(2,3)4. The fraction of sp³-hybridized carbons (Fsp3) is 0. The van der Waals surface area contributed by atoms with Gasteiger partial charge >= 0.3 is 39.4 Å². The summed E-state index contributed by atoms with van der Waals surface area (Å²) in [6.45, 7) is 0. The van der Waals surface area contributed by atoms with E-state index >= 15 is 0 Å². The molecule has 0 aromatic carbocycles. The Bertz CT molecular complexity index is 23.1. The Morgan fingerprint density at radius 1 is 1.20 bits per heavy atom. The van der Waals surface area contributed by atoms with Crippen molar-refractivity contribution in [1.29, 1.82) is 0 Å². The van der Waals surface area contributed by atoms with Crippen molar-refractivity contribution in [2.45, 2.75) is 0 Å². The molecule has 0 aliphatic rings. The molecular weight excluding hydrogens is 182 g/mol. The maximum atomic E-state index is 10.7. The SMILES string of the molecule is [F][Ge]([F])([Cl])[Cl]. The predicted octanol–water partition coefficient (Wildman–Crippen LogP) is 1.84. The van der Waals surface area contributed by atoms with Crippen molar-refractivity contribution in [1.82, 2.24) is 0 Å². The van der Waals surface area contributed by atoms with Crippen molar-refractivity contribution in [3.63, 3.8) is 0 Å². The number of hydrogen-bond acceptors (Lipinski definition) is 0. The zero-order chi connectivity index (χ0) is 4.50. The molecule has 0 aliphatic heterocycles. The zero-order valence-corrected chi connectivity index (χ0v) is 5.62. The van der Waals surface area contributed by atoms with E-state index in [-0.39, 0.29) is 0 Å². The first-order valence-corrected chi connectivity index (χ1v) is 7.86. The van der Waals surface area contributed by atoms with Crippen molar-refractivity contribution < 1.29 is 7.00 Å². The summed E-state index contributed by atoms with van der Waals surface area (Å²) in [7, 11) is 8.30. The van der Waals surface area contributed by atoms with Crippen LogP contribution in [0.2, 0.25) is 0 Å². The second-order valence-corrected chi connectivity index (χ2v) is 8.17. The van der Waals surface area contributed by atoms with E-state index < -0.39 is 12.3 Å². The van der Waals surface area contributed by atoms with E-state index in [1.54, 1.807) is 0 Å². The van der Waals surface area contributed by atoms with Crippen LogP contribution in [-0.2, 0) is 0 Å². The molecule has 0 radical (unpaired) electrons. The van der Waals surface area contributed by atoms with Crippen LogP contribution in [0, 0.1) is 0 Å². The van der Waals surface area contributed by atoms with Crippen LogP contribution in [0.15, 0.2) is 0 Å². The van der Waals surface area contributed by atoms with E-state index in [2.05, 4.69) is 20.0 Å². The number of halogens is 4. The van der Waals surface area contributed by atoms with Gasteiger partial charge in [-0.25, -0.2) is 0 Å². The minimum absolute atomic E-state index is 4.15. The van der Waals surface area contributed by atoms with Gasteiger partial charge in [0.1, 0.15) is 0 Å². The average molecular weight is 182 g/mol. The molecule has 0 atom stereocenters. The van der Waals surface area contributed by atoms with Crippen LogP contribution in [0.1, 0.15) is 0 Å². The summed E-state index contributed by atoms with van der Waals surface area (Å²) in [5.41, 5.74) is 0. The molecule has 0 fully saturated rings. The fourth-order valence-corrected chi connectivity index (χ4v) is 0. The van der Waals surface area contributed by atoms with Crippen LogP contribution in [0.3, 0.4) is 0 Å². The van der Waals surface area contributed by atoms with E-state index in [0.717, 1.165) is 0 Å². The molecule has 0 unspecified atom stereocenters. The van der Waals surface area contributed by atoms with Crippen LogP contribution >= 0.6 is 20.0 Å². The molecule has 32 valence electrons. The quantitative estimate of drug-likeness (QED) is 0.500. The summed E-state index contributed by atoms with van der Waals surface area (Å²) in [6, 6.07) is 0. The van der Waals surface area contributed by atoms with Crippen LogP contribution in [0.25, 0.3) is 0 Å². The van der Waals surface area contributed by atoms with Gasteiger partial charge in [0.05, 0.1) is 0 Å². The molecule has 0 saturated carbocycles. The molecule has 0 N–H and O–H groups in total. The van der Waals surface area contributed by atoms with Gasteiger partial charge in [0.2, 0.25) is 0 Å². The maximum absolute atomic E-state index is 10.7. The third-order valence-electron chi connectivity index (χ3n) is 0. The van der Waals surface area contributed by atoms with Crippen molar-refractivity contribution in [2.75, 3.05) is 0 Å². The van der Waals surface area contributed by atoms with E-state index in [4.69, 9.17) is 0 Å². The van der Waals surface area contributed by atoms with Crippen LogP contribution in [0.4, 0.5) is 7.00 Å². The van der Waals surface area contributed by atoms with Crippen molar-refractivity contribution in [2.24, 2.45) is 0 Å². The summed E-state index contributed by atoms with van der Waals surface area (Å²) < 4.78 is 21.5. The molecule has 0 bridgehead atoms. The second kappa shape index (κ2) is 1.62. The second-order valence-electron chi connectivity index (χ2n) is 0.429. The Morgan fingerprint density at radius 3 is 1.20 bits per heavy atom. The van der Waals surface area contributed by atoms with Gasteiger partial charge in [-0.05, 0) is 0 Å². The molecule has 0 amide bonds. The third-order valence-corrected chi connectivity index (χ3v) is 0. The Morgan fingerprint density at radius 2 is 1.20 bits per heavy atom. The van der Waals surface area contributed by atoms with Gasteiger partial charge in [-0.3, -0.25) is 0 Å². The molecule has 0 heterocycles. The third kappa shape index (κ3) is 45.9. The van der Waals surface area contributed by atoms with Gasteiger partial charge in [-0.1, -0.05) is 0 Å². The molecule has 0 saturated heterocycles. The fourth-order valence-electron chi connectivity index (χ4n) is 0. The van der Waals surface area contributed by atoms with Crippen LogP contribution < -0.4 is 0 Å². The van der Waals surface area contributed by atoms with Gasteiger partial charge < -0.3 is 0 Å². The average Bonchev–Trinajstić information content (AvgIpc) is 0.722. The van der Waals surface area contributed by atoms with Gasteiger partial charge in [-0.2, -0.15) is 0 Å². The Balaban J connectivity index is 3.02. The molecular formula is Cl2F2Ge. The van der Waals surface area contributed by atoms with Crippen molar-refractivity contribution >= 4 is 32.4 Å². The molecule has 0 nitrogen and oxygen atoms in total. The molecule has 5 heteroatoms. The Hall–Kier alpha value is 0.983. The number of hydrogen-bond donors (Lipinski definition) is 0. The summed E-state index contributed by atoms with van der Waals surface area (Å²) in [5, 5.41) is 0. The molecule has 5 heavy (non-hydrogen) atoms. The van der Waals surface area contributed by atoms with E-state index in [1.165, 1.54) is 0 Å². The van der Waals surface area contributed by atoms with Gasteiger partial charge in [0.25, 0.3) is 0 Å². The summed E-state index contributed by atoms with van der Waals surface area (Å²) in [6.07, 6.45) is 0. The monoisotopic (exact) mass is 182 g/mol. The summed E-state index contributed by atoms with van der Waals surface area (Å²) in [5.74, 6) is 0. The topological polar surface area (TPSA) is 0 Å².